The second kappa shape index (κ2) is 10.8. The Balaban J connectivity index is 1.32. The zero-order chi connectivity index (χ0) is 25.9. The molecule has 2 fully saturated rings. The molecule has 0 radical (unpaired) electrons. The van der Waals surface area contributed by atoms with Crippen molar-refractivity contribution in [2.45, 2.75) is 25.4 Å². The maximum absolute atomic E-state index is 11.4. The number of hydrogen-bond donors (Lipinski definition) is 2. The smallest absolute Gasteiger partial charge is 0.316 e. The Bertz CT molecular complexity index is 1410. The second-order valence-electron chi connectivity index (χ2n) is 9.86. The monoisotopic (exact) mass is 512 g/mol. The van der Waals surface area contributed by atoms with E-state index in [1.165, 1.54) is 5.56 Å². The summed E-state index contributed by atoms with van der Waals surface area (Å²) >= 11 is 0. The van der Waals surface area contributed by atoms with E-state index in [1.54, 1.807) is 6.07 Å². The van der Waals surface area contributed by atoms with Gasteiger partial charge in [-0.3, -0.25) is 4.90 Å². The molecule has 10 heteroatoms. The molecule has 2 aliphatic heterocycles. The minimum atomic E-state index is -0.607. The number of rotatable bonds is 6. The van der Waals surface area contributed by atoms with Crippen molar-refractivity contribution in [2.75, 3.05) is 49.6 Å². The summed E-state index contributed by atoms with van der Waals surface area (Å²) in [6.07, 6.45) is 3.92. The fourth-order valence-corrected chi connectivity index (χ4v) is 5.37. The van der Waals surface area contributed by atoms with Crippen LogP contribution < -0.4 is 16.0 Å². The molecule has 2 amide bonds. The zero-order valence-electron chi connectivity index (χ0n) is 21.3. The molecule has 38 heavy (non-hydrogen) atoms. The van der Waals surface area contributed by atoms with E-state index in [2.05, 4.69) is 50.1 Å². The molecule has 0 spiro atoms. The van der Waals surface area contributed by atoms with Crippen LogP contribution in [0.1, 0.15) is 24.4 Å². The van der Waals surface area contributed by atoms with Gasteiger partial charge in [-0.2, -0.15) is 5.10 Å². The summed E-state index contributed by atoms with van der Waals surface area (Å²) in [7, 11) is 0. The van der Waals surface area contributed by atoms with Gasteiger partial charge in [-0.05, 0) is 30.5 Å². The summed E-state index contributed by atoms with van der Waals surface area (Å²) in [6, 6.07) is 17.7. The highest BCUT2D eigenvalue weighted by Crippen LogP contribution is 2.32. The third kappa shape index (κ3) is 5.18. The van der Waals surface area contributed by atoms with Crippen molar-refractivity contribution in [3.63, 3.8) is 0 Å². The highest BCUT2D eigenvalue weighted by Gasteiger charge is 2.26. The lowest BCUT2D eigenvalue weighted by Crippen LogP contribution is -2.37. The number of urea groups is 1. The summed E-state index contributed by atoms with van der Waals surface area (Å²) in [6.45, 7) is 5.83. The largest absolute Gasteiger partial charge is 0.378 e. The predicted octanol–water partition coefficient (Wildman–Crippen LogP) is 3.66. The first-order valence-corrected chi connectivity index (χ1v) is 13.2. The number of carbonyl (C=O) groups excluding carboxylic acids is 1. The van der Waals surface area contributed by atoms with Crippen molar-refractivity contribution < 1.29 is 9.53 Å². The third-order valence-corrected chi connectivity index (χ3v) is 7.28. The number of ether oxygens (including phenoxy) is 1. The van der Waals surface area contributed by atoms with Crippen LogP contribution in [0.15, 0.2) is 60.8 Å². The lowest BCUT2D eigenvalue weighted by molar-refractivity contribution is 0.122. The number of aromatic nitrogens is 4. The summed E-state index contributed by atoms with van der Waals surface area (Å²) in [5, 5.41) is 8.44. The SMILES string of the molecule is NC(=O)Nc1cccc(-c2nc(N3CCOCC3)c3cnn(C4CCN(Cc5ccccc5)CC4)c3n2)c1. The Kier molecular flexibility index (Phi) is 6.89. The lowest BCUT2D eigenvalue weighted by Gasteiger charge is -2.32. The Morgan fingerprint density at radius 1 is 1.00 bits per heavy atom. The predicted molar refractivity (Wildman–Crippen MR) is 147 cm³/mol. The highest BCUT2D eigenvalue weighted by atomic mass is 16.5. The molecule has 0 unspecified atom stereocenters. The van der Waals surface area contributed by atoms with E-state index in [0.717, 1.165) is 68.0 Å². The van der Waals surface area contributed by atoms with Crippen LogP contribution in [-0.2, 0) is 11.3 Å². The molecule has 3 N–H and O–H groups in total. The Morgan fingerprint density at radius 2 is 1.79 bits per heavy atom. The summed E-state index contributed by atoms with van der Waals surface area (Å²) in [4.78, 5) is 26.2. The number of benzene rings is 2. The van der Waals surface area contributed by atoms with Gasteiger partial charge in [0.1, 0.15) is 5.82 Å². The maximum Gasteiger partial charge on any atom is 0.316 e. The number of piperidine rings is 1. The number of primary amides is 1. The van der Waals surface area contributed by atoms with E-state index < -0.39 is 6.03 Å². The number of hydrogen-bond acceptors (Lipinski definition) is 7. The lowest BCUT2D eigenvalue weighted by atomic mass is 10.0. The minimum absolute atomic E-state index is 0.266. The summed E-state index contributed by atoms with van der Waals surface area (Å²) in [5.74, 6) is 1.46. The van der Waals surface area contributed by atoms with Gasteiger partial charge in [0.05, 0.1) is 30.8 Å². The van der Waals surface area contributed by atoms with E-state index in [0.29, 0.717) is 24.7 Å². The second-order valence-corrected chi connectivity index (χ2v) is 9.86. The number of morpholine rings is 1. The van der Waals surface area contributed by atoms with E-state index in [9.17, 15) is 4.79 Å². The molecule has 2 aromatic heterocycles. The number of nitrogens with zero attached hydrogens (tertiary/aromatic N) is 6. The number of likely N-dealkylation sites (tertiary alicyclic amines) is 1. The molecule has 4 aromatic rings. The van der Waals surface area contributed by atoms with Gasteiger partial charge in [0.25, 0.3) is 0 Å². The molecular formula is C28H32N8O2. The molecule has 2 aromatic carbocycles. The van der Waals surface area contributed by atoms with Gasteiger partial charge in [-0.1, -0.05) is 42.5 Å². The van der Waals surface area contributed by atoms with Crippen molar-refractivity contribution >= 4 is 28.6 Å². The van der Waals surface area contributed by atoms with Crippen molar-refractivity contribution in [3.8, 4) is 11.4 Å². The van der Waals surface area contributed by atoms with Gasteiger partial charge in [0, 0.05) is 44.0 Å². The molecule has 6 rings (SSSR count). The van der Waals surface area contributed by atoms with Gasteiger partial charge in [-0.15, -0.1) is 0 Å². The topological polar surface area (TPSA) is 114 Å². The molecular weight excluding hydrogens is 480 g/mol. The number of nitrogens with one attached hydrogen (secondary N) is 1. The van der Waals surface area contributed by atoms with Crippen LogP contribution in [0, 0.1) is 0 Å². The minimum Gasteiger partial charge on any atom is -0.378 e. The molecule has 2 aliphatic rings. The quantitative estimate of drug-likeness (QED) is 0.405. The first kappa shape index (κ1) is 24.3. The van der Waals surface area contributed by atoms with Gasteiger partial charge < -0.3 is 20.7 Å². The average Bonchev–Trinajstić information content (AvgIpc) is 3.38. The zero-order valence-corrected chi connectivity index (χ0v) is 21.3. The summed E-state index contributed by atoms with van der Waals surface area (Å²) in [5.41, 5.74) is 8.93. The van der Waals surface area contributed by atoms with Gasteiger partial charge >= 0.3 is 6.03 Å². The van der Waals surface area contributed by atoms with E-state index >= 15 is 0 Å². The van der Waals surface area contributed by atoms with Crippen LogP contribution >= 0.6 is 0 Å². The van der Waals surface area contributed by atoms with Crippen molar-refractivity contribution in [2.24, 2.45) is 5.73 Å². The standard InChI is InChI=1S/C28H32N8O2/c29-28(37)31-22-8-4-7-21(17-22)25-32-26(35-13-15-38-16-14-35)24-18-30-36(27(24)33-25)23-9-11-34(12-10-23)19-20-5-2-1-3-6-20/h1-8,17-18,23H,9-16,19H2,(H3,29,31,37). The Labute approximate surface area is 221 Å². The molecule has 4 heterocycles. The molecule has 0 atom stereocenters. The van der Waals surface area contributed by atoms with Gasteiger partial charge in [0.2, 0.25) is 0 Å². The van der Waals surface area contributed by atoms with Crippen molar-refractivity contribution in [1.29, 1.82) is 0 Å². The van der Waals surface area contributed by atoms with E-state index in [-0.39, 0.29) is 6.04 Å². The van der Waals surface area contributed by atoms with Gasteiger partial charge in [0.15, 0.2) is 11.5 Å². The van der Waals surface area contributed by atoms with Crippen LogP contribution in [0.3, 0.4) is 0 Å². The van der Waals surface area contributed by atoms with Crippen LogP contribution in [0.5, 0.6) is 0 Å². The fraction of sp³-hybridized carbons (Fsp3) is 0.357. The first-order valence-electron chi connectivity index (χ1n) is 13.2. The fourth-order valence-electron chi connectivity index (χ4n) is 5.37. The number of anilines is 2. The maximum atomic E-state index is 11.4. The Hall–Kier alpha value is -4.02. The van der Waals surface area contributed by atoms with Crippen LogP contribution in [0.2, 0.25) is 0 Å². The number of fused-ring (bicyclic) bond motifs is 1. The molecule has 0 bridgehead atoms. The van der Waals surface area contributed by atoms with E-state index in [4.69, 9.17) is 25.5 Å². The normalized spacial score (nSPS) is 17.1. The number of nitrogens with two attached hydrogens (primary N) is 1. The molecule has 0 aliphatic carbocycles. The molecule has 196 valence electrons. The van der Waals surface area contributed by atoms with Crippen molar-refractivity contribution in [1.82, 2.24) is 24.6 Å². The highest BCUT2D eigenvalue weighted by molar-refractivity contribution is 5.90. The average molecular weight is 513 g/mol. The molecule has 2 saturated heterocycles. The van der Waals surface area contributed by atoms with Crippen LogP contribution in [-0.4, -0.2) is 70.1 Å². The third-order valence-electron chi connectivity index (χ3n) is 7.28. The number of carbonyl (C=O) groups is 1. The number of amides is 2. The summed E-state index contributed by atoms with van der Waals surface area (Å²) < 4.78 is 7.68. The van der Waals surface area contributed by atoms with E-state index in [1.807, 2.05) is 24.4 Å². The van der Waals surface area contributed by atoms with Crippen LogP contribution in [0.4, 0.5) is 16.3 Å². The Morgan fingerprint density at radius 3 is 2.55 bits per heavy atom. The first-order chi connectivity index (χ1) is 18.6. The molecule has 0 saturated carbocycles. The van der Waals surface area contributed by atoms with Crippen molar-refractivity contribution in [3.05, 3.63) is 66.4 Å². The van der Waals surface area contributed by atoms with Crippen LogP contribution in [0.25, 0.3) is 22.4 Å². The van der Waals surface area contributed by atoms with Gasteiger partial charge in [-0.25, -0.2) is 19.4 Å². The molecule has 10 nitrogen and oxygen atoms in total.